The number of aryl methyl sites for hydroxylation is 3. The summed E-state index contributed by atoms with van der Waals surface area (Å²) in [5, 5.41) is 0. The Morgan fingerprint density at radius 1 is 1.46 bits per heavy atom. The summed E-state index contributed by atoms with van der Waals surface area (Å²) in [6, 6.07) is 1.90. The molecule has 13 heavy (non-hydrogen) atoms. The van der Waals surface area contributed by atoms with Crippen LogP contribution in [0, 0.1) is 20.8 Å². The largest absolute Gasteiger partial charge is 0.324 e. The summed E-state index contributed by atoms with van der Waals surface area (Å²) in [6.07, 6.45) is 0. The first-order chi connectivity index (χ1) is 6.06. The van der Waals surface area contributed by atoms with Gasteiger partial charge in [-0.3, -0.25) is 9.78 Å². The van der Waals surface area contributed by atoms with Crippen LogP contribution < -0.4 is 5.73 Å². The zero-order valence-electron chi connectivity index (χ0n) is 8.22. The van der Waals surface area contributed by atoms with Gasteiger partial charge in [0.1, 0.15) is 0 Å². The molecule has 3 nitrogen and oxygen atoms in total. The van der Waals surface area contributed by atoms with Crippen LogP contribution in [0.15, 0.2) is 6.07 Å². The van der Waals surface area contributed by atoms with E-state index >= 15 is 0 Å². The summed E-state index contributed by atoms with van der Waals surface area (Å²) in [7, 11) is 0. The first kappa shape index (κ1) is 9.86. The van der Waals surface area contributed by atoms with Gasteiger partial charge in [0.25, 0.3) is 0 Å². The molecule has 0 spiro atoms. The van der Waals surface area contributed by atoms with Crippen molar-refractivity contribution in [2.24, 2.45) is 5.73 Å². The number of hydrogen-bond donors (Lipinski definition) is 1. The molecule has 0 aromatic carbocycles. The van der Waals surface area contributed by atoms with Gasteiger partial charge in [-0.1, -0.05) is 0 Å². The summed E-state index contributed by atoms with van der Waals surface area (Å²) >= 11 is 0. The van der Waals surface area contributed by atoms with Crippen LogP contribution in [0.25, 0.3) is 0 Å². The fourth-order valence-corrected chi connectivity index (χ4v) is 1.55. The van der Waals surface area contributed by atoms with Crippen molar-refractivity contribution in [2.75, 3.05) is 6.54 Å². The van der Waals surface area contributed by atoms with Crippen molar-refractivity contribution in [3.63, 3.8) is 0 Å². The number of hydrogen-bond acceptors (Lipinski definition) is 3. The number of pyridine rings is 1. The number of ketones is 1. The van der Waals surface area contributed by atoms with E-state index in [0.29, 0.717) is 5.56 Å². The van der Waals surface area contributed by atoms with E-state index in [1.54, 1.807) is 0 Å². The Morgan fingerprint density at radius 2 is 2.08 bits per heavy atom. The van der Waals surface area contributed by atoms with Gasteiger partial charge in [-0.25, -0.2) is 0 Å². The van der Waals surface area contributed by atoms with Gasteiger partial charge in [0.2, 0.25) is 0 Å². The molecule has 1 aromatic heterocycles. The van der Waals surface area contributed by atoms with Crippen molar-refractivity contribution in [3.8, 4) is 0 Å². The van der Waals surface area contributed by atoms with E-state index < -0.39 is 0 Å². The summed E-state index contributed by atoms with van der Waals surface area (Å²) in [5.41, 5.74) is 8.64. The van der Waals surface area contributed by atoms with E-state index in [4.69, 9.17) is 5.73 Å². The van der Waals surface area contributed by atoms with Crippen molar-refractivity contribution in [1.29, 1.82) is 0 Å². The average Bonchev–Trinajstić information content (AvgIpc) is 2.02. The third-order valence-corrected chi connectivity index (χ3v) is 1.99. The van der Waals surface area contributed by atoms with E-state index in [-0.39, 0.29) is 12.3 Å². The van der Waals surface area contributed by atoms with E-state index in [0.717, 1.165) is 17.0 Å². The van der Waals surface area contributed by atoms with E-state index in [9.17, 15) is 4.79 Å². The third kappa shape index (κ3) is 1.92. The van der Waals surface area contributed by atoms with Gasteiger partial charge in [-0.15, -0.1) is 0 Å². The fraction of sp³-hybridized carbons (Fsp3) is 0.400. The van der Waals surface area contributed by atoms with Crippen LogP contribution in [0.5, 0.6) is 0 Å². The Balaban J connectivity index is 3.28. The molecule has 0 aliphatic carbocycles. The average molecular weight is 178 g/mol. The molecule has 0 amide bonds. The minimum atomic E-state index is -0.0394. The molecule has 1 aromatic rings. The van der Waals surface area contributed by atoms with Crippen molar-refractivity contribution in [3.05, 3.63) is 28.6 Å². The molecule has 0 aliphatic rings. The zero-order valence-corrected chi connectivity index (χ0v) is 8.22. The monoisotopic (exact) mass is 178 g/mol. The highest BCUT2D eigenvalue weighted by atomic mass is 16.1. The predicted octanol–water partition coefficient (Wildman–Crippen LogP) is 1.15. The smallest absolute Gasteiger partial charge is 0.178 e. The van der Waals surface area contributed by atoms with Gasteiger partial charge in [0, 0.05) is 17.0 Å². The first-order valence-corrected chi connectivity index (χ1v) is 4.24. The number of nitrogens with zero attached hydrogens (tertiary/aromatic N) is 1. The highest BCUT2D eigenvalue weighted by Gasteiger charge is 2.11. The lowest BCUT2D eigenvalue weighted by Crippen LogP contribution is -2.17. The molecule has 0 saturated heterocycles. The molecule has 3 heteroatoms. The molecule has 0 atom stereocenters. The molecule has 0 fully saturated rings. The molecule has 0 aliphatic heterocycles. The minimum Gasteiger partial charge on any atom is -0.324 e. The Hall–Kier alpha value is -1.22. The summed E-state index contributed by atoms with van der Waals surface area (Å²) in [4.78, 5) is 15.6. The number of nitrogens with two attached hydrogens (primary N) is 1. The summed E-state index contributed by atoms with van der Waals surface area (Å²) < 4.78 is 0. The Bertz CT molecular complexity index is 322. The molecule has 1 rings (SSSR count). The van der Waals surface area contributed by atoms with Gasteiger partial charge in [-0.2, -0.15) is 0 Å². The van der Waals surface area contributed by atoms with Gasteiger partial charge < -0.3 is 5.73 Å². The van der Waals surface area contributed by atoms with E-state index in [2.05, 4.69) is 4.98 Å². The summed E-state index contributed by atoms with van der Waals surface area (Å²) in [5.74, 6) is -0.0394. The maximum atomic E-state index is 11.4. The maximum Gasteiger partial charge on any atom is 0.178 e. The third-order valence-electron chi connectivity index (χ3n) is 1.99. The molecule has 0 unspecified atom stereocenters. The normalized spacial score (nSPS) is 10.2. The molecule has 0 bridgehead atoms. The number of Topliss-reactive ketones (excluding diaryl/α,β-unsaturated/α-hetero) is 1. The first-order valence-electron chi connectivity index (χ1n) is 4.24. The molecule has 0 saturated carbocycles. The van der Waals surface area contributed by atoms with Crippen molar-refractivity contribution < 1.29 is 4.79 Å². The van der Waals surface area contributed by atoms with E-state index in [1.807, 2.05) is 26.8 Å². The minimum absolute atomic E-state index is 0.0394. The van der Waals surface area contributed by atoms with Gasteiger partial charge >= 0.3 is 0 Å². The van der Waals surface area contributed by atoms with Crippen LogP contribution in [0.4, 0.5) is 0 Å². The van der Waals surface area contributed by atoms with Gasteiger partial charge in [-0.05, 0) is 32.4 Å². The molecular formula is C10H14N2O. The van der Waals surface area contributed by atoms with E-state index in [1.165, 1.54) is 0 Å². The second-order valence-corrected chi connectivity index (χ2v) is 3.17. The highest BCUT2D eigenvalue weighted by Crippen LogP contribution is 2.13. The SMILES string of the molecule is Cc1cc(C)c(C(=O)CN)c(C)n1. The Morgan fingerprint density at radius 3 is 2.54 bits per heavy atom. The van der Waals surface area contributed by atoms with Crippen molar-refractivity contribution in [1.82, 2.24) is 4.98 Å². The topological polar surface area (TPSA) is 56.0 Å². The van der Waals surface area contributed by atoms with Gasteiger partial charge in [0.15, 0.2) is 5.78 Å². The Kier molecular flexibility index (Phi) is 2.78. The van der Waals surface area contributed by atoms with Crippen molar-refractivity contribution in [2.45, 2.75) is 20.8 Å². The Labute approximate surface area is 78.0 Å². The number of aromatic nitrogens is 1. The molecule has 70 valence electrons. The maximum absolute atomic E-state index is 11.4. The highest BCUT2D eigenvalue weighted by molar-refractivity contribution is 5.99. The zero-order chi connectivity index (χ0) is 10.0. The molecule has 0 radical (unpaired) electrons. The fourth-order valence-electron chi connectivity index (χ4n) is 1.55. The lowest BCUT2D eigenvalue weighted by atomic mass is 10.0. The lowest BCUT2D eigenvalue weighted by Gasteiger charge is -2.07. The second kappa shape index (κ2) is 3.66. The number of carbonyl (C=O) groups excluding carboxylic acids is 1. The number of rotatable bonds is 2. The van der Waals surface area contributed by atoms with Gasteiger partial charge in [0.05, 0.1) is 6.54 Å². The lowest BCUT2D eigenvalue weighted by molar-refractivity contribution is 0.1000. The van der Waals surface area contributed by atoms with Crippen LogP contribution in [0.3, 0.4) is 0 Å². The van der Waals surface area contributed by atoms with Crippen LogP contribution >= 0.6 is 0 Å². The van der Waals surface area contributed by atoms with Crippen LogP contribution in [0.1, 0.15) is 27.3 Å². The standard InChI is InChI=1S/C10H14N2O/c1-6-4-7(2)12-8(3)10(6)9(13)5-11/h4H,5,11H2,1-3H3. The molecule has 1 heterocycles. The second-order valence-electron chi connectivity index (χ2n) is 3.17. The van der Waals surface area contributed by atoms with Crippen LogP contribution in [-0.4, -0.2) is 17.3 Å². The van der Waals surface area contributed by atoms with Crippen LogP contribution in [0.2, 0.25) is 0 Å². The predicted molar refractivity (Wildman–Crippen MR) is 51.8 cm³/mol. The summed E-state index contributed by atoms with van der Waals surface area (Å²) in [6.45, 7) is 5.70. The van der Waals surface area contributed by atoms with Crippen molar-refractivity contribution >= 4 is 5.78 Å². The molecule has 2 N–H and O–H groups in total. The van der Waals surface area contributed by atoms with Crippen LogP contribution in [-0.2, 0) is 0 Å². The quantitative estimate of drug-likeness (QED) is 0.691. The molecular weight excluding hydrogens is 164 g/mol. The number of carbonyl (C=O) groups is 1.